The number of carbonyl (C=O) groups is 1. The van der Waals surface area contributed by atoms with Crippen LogP contribution in [0.5, 0.6) is 0 Å². The summed E-state index contributed by atoms with van der Waals surface area (Å²) in [6.07, 6.45) is 2.90. The van der Waals surface area contributed by atoms with Crippen molar-refractivity contribution in [2.75, 3.05) is 5.32 Å². The molecule has 0 heterocycles. The summed E-state index contributed by atoms with van der Waals surface area (Å²) in [5.41, 5.74) is 0.827. The molecule has 0 aliphatic rings. The molecule has 2 aromatic carbocycles. The molecule has 0 aliphatic carbocycles. The van der Waals surface area contributed by atoms with E-state index in [2.05, 4.69) is 5.32 Å². The number of nitro benzene ring substituents is 1. The normalized spacial score (nSPS) is 10.6. The van der Waals surface area contributed by atoms with Gasteiger partial charge in [0.15, 0.2) is 0 Å². The Morgan fingerprint density at radius 2 is 1.82 bits per heavy atom. The number of non-ortho nitro benzene ring substituents is 1. The van der Waals surface area contributed by atoms with Gasteiger partial charge in [0.25, 0.3) is 5.69 Å². The number of rotatable bonds is 4. The van der Waals surface area contributed by atoms with Crippen LogP contribution >= 0.6 is 23.2 Å². The summed E-state index contributed by atoms with van der Waals surface area (Å²) < 4.78 is 0. The van der Waals surface area contributed by atoms with E-state index in [9.17, 15) is 14.9 Å². The van der Waals surface area contributed by atoms with E-state index in [1.165, 1.54) is 24.3 Å². The summed E-state index contributed by atoms with van der Waals surface area (Å²) >= 11 is 11.7. The lowest BCUT2D eigenvalue weighted by molar-refractivity contribution is -0.384. The summed E-state index contributed by atoms with van der Waals surface area (Å²) in [4.78, 5) is 22.0. The van der Waals surface area contributed by atoms with Crippen LogP contribution in [0, 0.1) is 10.1 Å². The van der Waals surface area contributed by atoms with E-state index in [-0.39, 0.29) is 16.4 Å². The van der Waals surface area contributed by atoms with Crippen LogP contribution < -0.4 is 5.32 Å². The highest BCUT2D eigenvalue weighted by Gasteiger charge is 2.10. The molecule has 0 aliphatic heterocycles. The van der Waals surface area contributed by atoms with E-state index in [1.807, 2.05) is 0 Å². The van der Waals surface area contributed by atoms with Crippen LogP contribution in [0.15, 0.2) is 48.5 Å². The second kappa shape index (κ2) is 7.06. The summed E-state index contributed by atoms with van der Waals surface area (Å²) in [6, 6.07) is 10.8. The molecule has 0 spiro atoms. The number of hydrogen-bond donors (Lipinski definition) is 1. The smallest absolute Gasteiger partial charge is 0.271 e. The Morgan fingerprint density at radius 3 is 2.45 bits per heavy atom. The molecule has 0 aromatic heterocycles. The summed E-state index contributed by atoms with van der Waals surface area (Å²) in [6.45, 7) is 0. The van der Waals surface area contributed by atoms with Crippen molar-refractivity contribution in [3.8, 4) is 0 Å². The zero-order chi connectivity index (χ0) is 16.1. The van der Waals surface area contributed by atoms with Crippen molar-refractivity contribution in [1.82, 2.24) is 0 Å². The van der Waals surface area contributed by atoms with Crippen LogP contribution in [0.2, 0.25) is 10.0 Å². The molecule has 0 radical (unpaired) electrons. The Labute approximate surface area is 136 Å². The monoisotopic (exact) mass is 336 g/mol. The number of nitrogens with one attached hydrogen (secondary N) is 1. The van der Waals surface area contributed by atoms with Crippen molar-refractivity contribution < 1.29 is 9.72 Å². The van der Waals surface area contributed by atoms with Gasteiger partial charge < -0.3 is 5.32 Å². The average molecular weight is 337 g/mol. The molecule has 22 heavy (non-hydrogen) atoms. The number of halogens is 2. The van der Waals surface area contributed by atoms with E-state index >= 15 is 0 Å². The molecule has 0 fully saturated rings. The Hall–Kier alpha value is -2.37. The van der Waals surface area contributed by atoms with Gasteiger partial charge in [-0.2, -0.15) is 0 Å². The minimum atomic E-state index is -0.560. The molecular weight excluding hydrogens is 327 g/mol. The summed E-state index contributed by atoms with van der Waals surface area (Å²) in [5, 5.41) is 14.0. The molecule has 0 bridgehead atoms. The van der Waals surface area contributed by atoms with Crippen molar-refractivity contribution in [1.29, 1.82) is 0 Å². The van der Waals surface area contributed by atoms with Gasteiger partial charge in [-0.15, -0.1) is 0 Å². The van der Waals surface area contributed by atoms with Gasteiger partial charge in [0.1, 0.15) is 0 Å². The van der Waals surface area contributed by atoms with Crippen LogP contribution in [-0.2, 0) is 4.79 Å². The predicted octanol–water partition coefficient (Wildman–Crippen LogP) is 4.55. The number of anilines is 1. The van der Waals surface area contributed by atoms with Gasteiger partial charge in [-0.1, -0.05) is 35.3 Å². The molecule has 1 N–H and O–H groups in total. The molecule has 1 amide bonds. The first-order valence-electron chi connectivity index (χ1n) is 6.14. The second-order valence-electron chi connectivity index (χ2n) is 4.30. The fourth-order valence-corrected chi connectivity index (χ4v) is 1.93. The lowest BCUT2D eigenvalue weighted by Crippen LogP contribution is -2.08. The molecule has 7 heteroatoms. The largest absolute Gasteiger partial charge is 0.321 e. The first-order chi connectivity index (χ1) is 10.5. The number of nitrogens with zero attached hydrogens (tertiary/aromatic N) is 1. The standard InChI is InChI=1S/C15H10Cl2N2O3/c16-11-4-1-10(2-5-11)3-8-15(20)18-14-9-12(19(21)22)6-7-13(14)17/h1-9H,(H,18,20). The maximum absolute atomic E-state index is 11.8. The SMILES string of the molecule is O=C(C=Cc1ccc(Cl)cc1)Nc1cc([N+](=O)[O-])ccc1Cl. The predicted molar refractivity (Wildman–Crippen MR) is 87.2 cm³/mol. The second-order valence-corrected chi connectivity index (χ2v) is 5.14. The summed E-state index contributed by atoms with van der Waals surface area (Å²) in [7, 11) is 0. The first kappa shape index (κ1) is 16.0. The molecule has 0 saturated carbocycles. The first-order valence-corrected chi connectivity index (χ1v) is 6.90. The van der Waals surface area contributed by atoms with Crippen LogP contribution in [0.4, 0.5) is 11.4 Å². The molecule has 2 rings (SSSR count). The topological polar surface area (TPSA) is 72.2 Å². The number of hydrogen-bond acceptors (Lipinski definition) is 3. The molecule has 5 nitrogen and oxygen atoms in total. The van der Waals surface area contributed by atoms with Crippen molar-refractivity contribution in [3.63, 3.8) is 0 Å². The molecule has 0 atom stereocenters. The Kier molecular flexibility index (Phi) is 5.14. The summed E-state index contributed by atoms with van der Waals surface area (Å²) in [5.74, 6) is -0.447. The van der Waals surface area contributed by atoms with Crippen molar-refractivity contribution >= 4 is 46.6 Å². The fourth-order valence-electron chi connectivity index (χ4n) is 1.64. The Balaban J connectivity index is 2.10. The lowest BCUT2D eigenvalue weighted by Gasteiger charge is -2.04. The maximum atomic E-state index is 11.8. The minimum absolute atomic E-state index is 0.151. The van der Waals surface area contributed by atoms with Crippen molar-refractivity contribution in [2.24, 2.45) is 0 Å². The van der Waals surface area contributed by atoms with Crippen molar-refractivity contribution in [2.45, 2.75) is 0 Å². The van der Waals surface area contributed by atoms with E-state index in [0.717, 1.165) is 5.56 Å². The third-order valence-corrected chi connectivity index (χ3v) is 3.30. The van der Waals surface area contributed by atoms with Gasteiger partial charge in [-0.25, -0.2) is 0 Å². The highest BCUT2D eigenvalue weighted by molar-refractivity contribution is 6.34. The zero-order valence-corrected chi connectivity index (χ0v) is 12.6. The van der Waals surface area contributed by atoms with Crippen LogP contribution in [0.1, 0.15) is 5.56 Å². The number of nitro groups is 1. The fraction of sp³-hybridized carbons (Fsp3) is 0. The number of amides is 1. The van der Waals surface area contributed by atoms with Gasteiger partial charge >= 0.3 is 0 Å². The molecule has 0 saturated heterocycles. The average Bonchev–Trinajstić information content (AvgIpc) is 2.48. The van der Waals surface area contributed by atoms with E-state index in [0.29, 0.717) is 5.02 Å². The van der Waals surface area contributed by atoms with Crippen LogP contribution in [0.25, 0.3) is 6.08 Å². The zero-order valence-electron chi connectivity index (χ0n) is 11.1. The number of carbonyl (C=O) groups excluding carboxylic acids is 1. The molecular formula is C15H10Cl2N2O3. The van der Waals surface area contributed by atoms with Gasteiger partial charge in [-0.3, -0.25) is 14.9 Å². The van der Waals surface area contributed by atoms with Crippen LogP contribution in [-0.4, -0.2) is 10.8 Å². The maximum Gasteiger partial charge on any atom is 0.271 e. The van der Waals surface area contributed by atoms with E-state index in [4.69, 9.17) is 23.2 Å². The number of benzene rings is 2. The third-order valence-electron chi connectivity index (χ3n) is 2.72. The molecule has 2 aromatic rings. The third kappa shape index (κ3) is 4.31. The highest BCUT2D eigenvalue weighted by Crippen LogP contribution is 2.26. The lowest BCUT2D eigenvalue weighted by atomic mass is 10.2. The van der Waals surface area contributed by atoms with Gasteiger partial charge in [-0.05, 0) is 29.8 Å². The van der Waals surface area contributed by atoms with Crippen molar-refractivity contribution in [3.05, 3.63) is 74.3 Å². The minimum Gasteiger partial charge on any atom is -0.321 e. The van der Waals surface area contributed by atoms with Gasteiger partial charge in [0.2, 0.25) is 5.91 Å². The van der Waals surface area contributed by atoms with E-state index in [1.54, 1.807) is 30.3 Å². The van der Waals surface area contributed by atoms with E-state index < -0.39 is 10.8 Å². The van der Waals surface area contributed by atoms with Gasteiger partial charge in [0, 0.05) is 23.2 Å². The Morgan fingerprint density at radius 1 is 1.14 bits per heavy atom. The quantitative estimate of drug-likeness (QED) is 0.505. The van der Waals surface area contributed by atoms with Crippen LogP contribution in [0.3, 0.4) is 0 Å². The molecule has 0 unspecified atom stereocenters. The molecule has 112 valence electrons. The highest BCUT2D eigenvalue weighted by atomic mass is 35.5. The van der Waals surface area contributed by atoms with Gasteiger partial charge in [0.05, 0.1) is 15.6 Å². The Bertz CT molecular complexity index is 743.